The van der Waals surface area contributed by atoms with Crippen molar-refractivity contribution in [3.8, 4) is 5.75 Å². The number of aliphatic hydroxyl groups is 1. The van der Waals surface area contributed by atoms with E-state index in [2.05, 4.69) is 0 Å². The molecule has 41 heavy (non-hydrogen) atoms. The molecule has 2 aromatic rings. The average Bonchev–Trinajstić information content (AvgIpc) is 3.60. The third-order valence-electron chi connectivity index (χ3n) is 8.93. The molecule has 3 aliphatic rings. The molecular weight excluding hydrogens is 557 g/mol. The van der Waals surface area contributed by atoms with Crippen LogP contribution >= 0.6 is 11.6 Å². The number of nitrogens with zero attached hydrogens (tertiary/aromatic N) is 2. The maximum atomic E-state index is 13.9. The lowest BCUT2D eigenvalue weighted by molar-refractivity contribution is -0.262. The van der Waals surface area contributed by atoms with Crippen LogP contribution in [0.15, 0.2) is 48.5 Å². The van der Waals surface area contributed by atoms with E-state index in [4.69, 9.17) is 16.3 Å². The molecule has 2 aromatic carbocycles. The van der Waals surface area contributed by atoms with Crippen LogP contribution in [0.25, 0.3) is 0 Å². The van der Waals surface area contributed by atoms with Gasteiger partial charge in [0.05, 0.1) is 17.2 Å². The fourth-order valence-corrected chi connectivity index (χ4v) is 6.80. The Morgan fingerprint density at radius 3 is 2.34 bits per heavy atom. The maximum Gasteiger partial charge on any atom is 0.430 e. The number of unbranched alkanes of at least 4 members (excludes halogenated alkanes) is 1. The van der Waals surface area contributed by atoms with E-state index in [9.17, 15) is 27.9 Å². The first-order valence-electron chi connectivity index (χ1n) is 14.4. The molecule has 0 spiro atoms. The Labute approximate surface area is 243 Å². The van der Waals surface area contributed by atoms with Crippen molar-refractivity contribution < 1.29 is 32.6 Å². The standard InChI is InChI=1S/C31H36ClF3N2O4/c32-27-19-25(11-12-26(27)28(38)37-20-22-9-10-24(37)18-22)41-17-5-4-6-21-13-15-36(16-14-21)29(39)30(40,31(33,34)35)23-7-2-1-3-8-23/h1-3,7-8,11-12,19,21-22,24,40H,4-6,9-10,13-18,20H2/t22-,24?,30?/m1/s1. The molecule has 1 aliphatic carbocycles. The summed E-state index contributed by atoms with van der Waals surface area (Å²) in [6, 6.07) is 12.1. The number of rotatable bonds is 9. The summed E-state index contributed by atoms with van der Waals surface area (Å²) in [5.41, 5.74) is -3.52. The van der Waals surface area contributed by atoms with Gasteiger partial charge < -0.3 is 19.6 Å². The molecule has 10 heteroatoms. The molecule has 1 saturated carbocycles. The third kappa shape index (κ3) is 6.21. The quantitative estimate of drug-likeness (QED) is 0.352. The normalized spacial score (nSPS) is 22.6. The molecule has 2 aliphatic heterocycles. The molecule has 2 heterocycles. The van der Waals surface area contributed by atoms with E-state index < -0.39 is 23.2 Å². The highest BCUT2D eigenvalue weighted by molar-refractivity contribution is 6.34. The minimum Gasteiger partial charge on any atom is -0.494 e. The number of likely N-dealkylation sites (tertiary alicyclic amines) is 2. The molecule has 0 aromatic heterocycles. The second-order valence-electron chi connectivity index (χ2n) is 11.6. The minimum absolute atomic E-state index is 0.00959. The number of ether oxygens (including phenoxy) is 1. The van der Waals surface area contributed by atoms with Crippen molar-refractivity contribution in [1.82, 2.24) is 9.80 Å². The number of amides is 2. The van der Waals surface area contributed by atoms with Crippen molar-refractivity contribution in [2.75, 3.05) is 26.2 Å². The Bertz CT molecular complexity index is 1240. The molecule has 0 radical (unpaired) electrons. The second-order valence-corrected chi connectivity index (χ2v) is 12.0. The molecule has 5 rings (SSSR count). The minimum atomic E-state index is -5.13. The van der Waals surface area contributed by atoms with Crippen molar-refractivity contribution in [2.45, 2.75) is 69.2 Å². The van der Waals surface area contributed by atoms with E-state index >= 15 is 0 Å². The smallest absolute Gasteiger partial charge is 0.430 e. The number of hydrogen-bond acceptors (Lipinski definition) is 4. The summed E-state index contributed by atoms with van der Waals surface area (Å²) < 4.78 is 47.5. The number of piperidine rings is 2. The highest BCUT2D eigenvalue weighted by Gasteiger charge is 2.62. The zero-order valence-corrected chi connectivity index (χ0v) is 23.7. The number of hydrogen-bond donors (Lipinski definition) is 1. The van der Waals surface area contributed by atoms with Crippen LogP contribution in [0.1, 0.15) is 67.3 Å². The summed E-state index contributed by atoms with van der Waals surface area (Å²) in [5, 5.41) is 11.0. The van der Waals surface area contributed by atoms with Crippen LogP contribution < -0.4 is 4.74 Å². The topological polar surface area (TPSA) is 70.1 Å². The Kier molecular flexibility index (Phi) is 8.85. The Morgan fingerprint density at radius 2 is 1.73 bits per heavy atom. The lowest BCUT2D eigenvalue weighted by Gasteiger charge is -2.38. The molecule has 3 atom stereocenters. The summed E-state index contributed by atoms with van der Waals surface area (Å²) in [7, 11) is 0. The molecule has 1 N–H and O–H groups in total. The first-order valence-corrected chi connectivity index (χ1v) is 14.8. The van der Waals surface area contributed by atoms with Gasteiger partial charge in [-0.15, -0.1) is 0 Å². The van der Waals surface area contributed by atoms with Gasteiger partial charge in [-0.25, -0.2) is 0 Å². The van der Waals surface area contributed by atoms with Crippen LogP contribution in [-0.2, 0) is 10.4 Å². The van der Waals surface area contributed by atoms with Gasteiger partial charge in [0, 0.05) is 31.2 Å². The first kappa shape index (κ1) is 29.7. The number of carbonyl (C=O) groups is 2. The fraction of sp³-hybridized carbons (Fsp3) is 0.548. The van der Waals surface area contributed by atoms with E-state index in [0.717, 1.165) is 55.7 Å². The molecular formula is C31H36ClF3N2O4. The summed E-state index contributed by atoms with van der Waals surface area (Å²) in [6.07, 6.45) is 1.94. The second kappa shape index (κ2) is 12.2. The van der Waals surface area contributed by atoms with E-state index in [1.807, 2.05) is 4.90 Å². The fourth-order valence-electron chi connectivity index (χ4n) is 6.55. The zero-order chi connectivity index (χ0) is 29.2. The van der Waals surface area contributed by atoms with Crippen LogP contribution in [0.4, 0.5) is 13.2 Å². The van der Waals surface area contributed by atoms with E-state index in [1.165, 1.54) is 24.6 Å². The van der Waals surface area contributed by atoms with Crippen molar-refractivity contribution in [3.05, 3.63) is 64.7 Å². The molecule has 6 nitrogen and oxygen atoms in total. The number of alkyl halides is 3. The molecule has 2 unspecified atom stereocenters. The van der Waals surface area contributed by atoms with Crippen LogP contribution in [0.5, 0.6) is 5.75 Å². The Morgan fingerprint density at radius 1 is 1.00 bits per heavy atom. The van der Waals surface area contributed by atoms with Gasteiger partial charge in [0.15, 0.2) is 0 Å². The van der Waals surface area contributed by atoms with Gasteiger partial charge in [-0.3, -0.25) is 9.59 Å². The van der Waals surface area contributed by atoms with Crippen LogP contribution in [-0.4, -0.2) is 65.2 Å². The van der Waals surface area contributed by atoms with Gasteiger partial charge in [0.2, 0.25) is 0 Å². The van der Waals surface area contributed by atoms with E-state index in [-0.39, 0.29) is 24.9 Å². The summed E-state index contributed by atoms with van der Waals surface area (Å²) in [5.74, 6) is 0.188. The largest absolute Gasteiger partial charge is 0.494 e. The Hall–Kier alpha value is -2.78. The van der Waals surface area contributed by atoms with Gasteiger partial charge in [-0.1, -0.05) is 48.4 Å². The summed E-state index contributed by atoms with van der Waals surface area (Å²) >= 11 is 6.43. The summed E-state index contributed by atoms with van der Waals surface area (Å²) in [6.45, 7) is 1.64. The lowest BCUT2D eigenvalue weighted by atomic mass is 9.88. The molecule has 3 fully saturated rings. The van der Waals surface area contributed by atoms with Gasteiger partial charge >= 0.3 is 6.18 Å². The van der Waals surface area contributed by atoms with Gasteiger partial charge in [-0.2, -0.15) is 13.2 Å². The molecule has 2 bridgehead atoms. The third-order valence-corrected chi connectivity index (χ3v) is 9.24. The van der Waals surface area contributed by atoms with Crippen LogP contribution in [0.3, 0.4) is 0 Å². The van der Waals surface area contributed by atoms with Crippen molar-refractivity contribution in [2.24, 2.45) is 11.8 Å². The van der Waals surface area contributed by atoms with Crippen LogP contribution in [0, 0.1) is 11.8 Å². The maximum absolute atomic E-state index is 13.9. The average molecular weight is 593 g/mol. The van der Waals surface area contributed by atoms with E-state index in [1.54, 1.807) is 18.2 Å². The van der Waals surface area contributed by atoms with Crippen LogP contribution in [0.2, 0.25) is 5.02 Å². The number of halogens is 4. The number of benzene rings is 2. The molecule has 222 valence electrons. The predicted molar refractivity (Wildman–Crippen MR) is 149 cm³/mol. The SMILES string of the molecule is O=C(c1ccc(OCCCCC2CCN(C(=O)C(O)(c3ccccc3)C(F)(F)F)CC2)cc1Cl)N1C[C@@H]2CCC1C2. The molecule has 2 saturated heterocycles. The summed E-state index contributed by atoms with van der Waals surface area (Å²) in [4.78, 5) is 28.9. The number of fused-ring (bicyclic) bond motifs is 2. The molecule has 2 amide bonds. The highest BCUT2D eigenvalue weighted by atomic mass is 35.5. The zero-order valence-electron chi connectivity index (χ0n) is 22.9. The van der Waals surface area contributed by atoms with Crippen molar-refractivity contribution >= 4 is 23.4 Å². The van der Waals surface area contributed by atoms with Gasteiger partial charge in [0.1, 0.15) is 5.75 Å². The highest BCUT2D eigenvalue weighted by Crippen LogP contribution is 2.42. The number of carbonyl (C=O) groups excluding carboxylic acids is 2. The lowest BCUT2D eigenvalue weighted by Crippen LogP contribution is -2.57. The monoisotopic (exact) mass is 592 g/mol. The van der Waals surface area contributed by atoms with Crippen molar-refractivity contribution in [1.29, 1.82) is 0 Å². The van der Waals surface area contributed by atoms with E-state index in [0.29, 0.717) is 47.7 Å². The Balaban J connectivity index is 1.04. The first-order chi connectivity index (χ1) is 19.6. The van der Waals surface area contributed by atoms with Crippen molar-refractivity contribution in [3.63, 3.8) is 0 Å². The predicted octanol–water partition coefficient (Wildman–Crippen LogP) is 6.20. The van der Waals surface area contributed by atoms with Gasteiger partial charge in [0.25, 0.3) is 17.4 Å². The van der Waals surface area contributed by atoms with Gasteiger partial charge in [-0.05, 0) is 75.0 Å².